The van der Waals surface area contributed by atoms with E-state index in [1.807, 2.05) is 46.0 Å². The topological polar surface area (TPSA) is 75.5 Å². The van der Waals surface area contributed by atoms with E-state index >= 15 is 0 Å². The van der Waals surface area contributed by atoms with Gasteiger partial charge in [-0.05, 0) is 68.3 Å². The van der Waals surface area contributed by atoms with Crippen LogP contribution in [0.15, 0.2) is 60.9 Å². The van der Waals surface area contributed by atoms with Gasteiger partial charge < -0.3 is 19.7 Å². The summed E-state index contributed by atoms with van der Waals surface area (Å²) in [6, 6.07) is 17.1. The van der Waals surface area contributed by atoms with Gasteiger partial charge in [0.05, 0.1) is 11.4 Å². The van der Waals surface area contributed by atoms with E-state index in [4.69, 9.17) is 14.0 Å². The van der Waals surface area contributed by atoms with E-state index in [9.17, 15) is 4.79 Å². The fraction of sp³-hybridized carbons (Fsp3) is 0.179. The number of pyridine rings is 2. The summed E-state index contributed by atoms with van der Waals surface area (Å²) in [7, 11) is 0. The summed E-state index contributed by atoms with van der Waals surface area (Å²) in [6.45, 7) is 5.60. The number of aromatic carboxylic acids is 1. The molecule has 1 aliphatic heterocycles. The molecule has 7 heteroatoms. The zero-order valence-electron chi connectivity index (χ0n) is 22.7. The molecule has 6 nitrogen and oxygen atoms in total. The third kappa shape index (κ3) is 5.26. The second-order valence-electron chi connectivity index (χ2n) is 8.03. The number of fused-ring (bicyclic) bond motifs is 2. The van der Waals surface area contributed by atoms with Gasteiger partial charge in [-0.25, -0.2) is 9.78 Å². The molecule has 1 aliphatic rings. The normalized spacial score (nSPS) is 12.8. The predicted octanol–water partition coefficient (Wildman–Crippen LogP) is 6.43. The van der Waals surface area contributed by atoms with Crippen LogP contribution in [0.1, 0.15) is 36.9 Å². The number of benzene rings is 2. The Kier molecular flexibility index (Phi) is 6.78. The Balaban J connectivity index is 0.000000341. The molecule has 181 valence electrons. The van der Waals surface area contributed by atoms with Gasteiger partial charge >= 0.3 is 5.97 Å². The van der Waals surface area contributed by atoms with E-state index in [1.54, 1.807) is 30.3 Å². The SMILES string of the molecule is O=C(O)c1ccccn1.[2H]C([2H])([2H])N1c2cc[c-]c(-c3cc(C)c(C)cn3)c2Oc2c1ccc(C)c2C.[Ir]. The number of carbonyl (C=O) groups is 1. The van der Waals surface area contributed by atoms with Crippen LogP contribution in [0.3, 0.4) is 0 Å². The molecule has 2 aromatic carbocycles. The van der Waals surface area contributed by atoms with Crippen LogP contribution < -0.4 is 9.64 Å². The molecule has 0 bridgehead atoms. The Hall–Kier alpha value is -3.54. The van der Waals surface area contributed by atoms with Crippen molar-refractivity contribution in [2.24, 2.45) is 0 Å². The molecule has 5 rings (SSSR count). The molecule has 0 aliphatic carbocycles. The summed E-state index contributed by atoms with van der Waals surface area (Å²) in [6.07, 6.45) is 3.26. The minimum absolute atomic E-state index is 0. The van der Waals surface area contributed by atoms with Crippen molar-refractivity contribution < 1.29 is 38.9 Å². The largest absolute Gasteiger partial charge is 0.497 e. The molecule has 3 heterocycles. The van der Waals surface area contributed by atoms with Crippen molar-refractivity contribution in [3.05, 3.63) is 94.9 Å². The van der Waals surface area contributed by atoms with Crippen molar-refractivity contribution in [2.75, 3.05) is 11.9 Å². The van der Waals surface area contributed by atoms with Crippen molar-refractivity contribution in [2.45, 2.75) is 27.7 Å². The first-order valence-electron chi connectivity index (χ1n) is 12.2. The number of hydrogen-bond donors (Lipinski definition) is 1. The van der Waals surface area contributed by atoms with E-state index < -0.39 is 12.9 Å². The summed E-state index contributed by atoms with van der Waals surface area (Å²) in [5.41, 5.74) is 6.63. The average molecular weight is 648 g/mol. The smallest absolute Gasteiger partial charge is 0.354 e. The Bertz CT molecular complexity index is 1480. The fourth-order valence-corrected chi connectivity index (χ4v) is 3.51. The summed E-state index contributed by atoms with van der Waals surface area (Å²) < 4.78 is 30.7. The third-order valence-electron chi connectivity index (χ3n) is 5.78. The Morgan fingerprint density at radius 1 is 1.00 bits per heavy atom. The van der Waals surface area contributed by atoms with Crippen LogP contribution in [0.5, 0.6) is 11.5 Å². The first kappa shape index (κ1) is 22.0. The molecule has 35 heavy (non-hydrogen) atoms. The van der Waals surface area contributed by atoms with E-state index in [-0.39, 0.29) is 25.8 Å². The zero-order chi connectivity index (χ0) is 26.9. The number of ether oxygens (including phenoxy) is 1. The first-order chi connectivity index (χ1) is 17.5. The van der Waals surface area contributed by atoms with Gasteiger partial charge in [-0.3, -0.25) is 0 Å². The molecule has 0 amide bonds. The maximum absolute atomic E-state index is 10.1. The van der Waals surface area contributed by atoms with Crippen molar-refractivity contribution in [3.8, 4) is 22.8 Å². The second-order valence-corrected chi connectivity index (χ2v) is 8.03. The van der Waals surface area contributed by atoms with E-state index in [2.05, 4.69) is 16.0 Å². The molecule has 4 aromatic rings. The van der Waals surface area contributed by atoms with Crippen LogP contribution in [0.25, 0.3) is 11.3 Å². The van der Waals surface area contributed by atoms with E-state index in [1.165, 1.54) is 17.2 Å². The third-order valence-corrected chi connectivity index (χ3v) is 5.78. The standard InChI is InChI=1S/C22H21N2O.C6H5NO2.Ir/c1-13-9-10-20-21(16(13)4)25-22-17(7-6-8-19(22)24(20)5)18-11-14(2)15(3)12-23-18;8-6(9)5-3-1-2-4-7-5;/h6,8-12H,1-5H3;1-4H,(H,8,9);/q-1;;/i5D3;;. The number of carboxylic acids is 1. The number of nitrogens with zero attached hydrogens (tertiary/aromatic N) is 3. The second kappa shape index (κ2) is 10.8. The van der Waals surface area contributed by atoms with Gasteiger partial charge in [0, 0.05) is 49.3 Å². The van der Waals surface area contributed by atoms with Gasteiger partial charge in [0.1, 0.15) is 11.4 Å². The molecule has 2 aromatic heterocycles. The van der Waals surface area contributed by atoms with E-state index in [0.717, 1.165) is 22.3 Å². The molecule has 0 saturated heterocycles. The van der Waals surface area contributed by atoms with Crippen LogP contribution >= 0.6 is 0 Å². The molecule has 0 unspecified atom stereocenters. The molecule has 0 fully saturated rings. The van der Waals surface area contributed by atoms with Gasteiger partial charge in [0.25, 0.3) is 0 Å². The van der Waals surface area contributed by atoms with E-state index in [0.29, 0.717) is 34.1 Å². The van der Waals surface area contributed by atoms with Crippen molar-refractivity contribution >= 4 is 17.3 Å². The van der Waals surface area contributed by atoms with Gasteiger partial charge in [0.15, 0.2) is 0 Å². The number of rotatable bonds is 2. The fourth-order valence-electron chi connectivity index (χ4n) is 3.51. The van der Waals surface area contributed by atoms with Crippen LogP contribution in [-0.2, 0) is 20.1 Å². The van der Waals surface area contributed by atoms with Crippen LogP contribution in [0, 0.1) is 33.8 Å². The number of anilines is 2. The average Bonchev–Trinajstić information content (AvgIpc) is 2.87. The predicted molar refractivity (Wildman–Crippen MR) is 133 cm³/mol. The number of carboxylic acid groups (broad SMARTS) is 1. The summed E-state index contributed by atoms with van der Waals surface area (Å²) in [4.78, 5) is 19.6. The monoisotopic (exact) mass is 648 g/mol. The molecular formula is C28H26IrN3O3-. The van der Waals surface area contributed by atoms with Crippen LogP contribution in [0.4, 0.5) is 11.4 Å². The van der Waals surface area contributed by atoms with Gasteiger partial charge in [-0.1, -0.05) is 29.3 Å². The quantitative estimate of drug-likeness (QED) is 0.253. The Morgan fingerprint density at radius 3 is 2.40 bits per heavy atom. The first-order valence-corrected chi connectivity index (χ1v) is 10.7. The van der Waals surface area contributed by atoms with Crippen LogP contribution in [0.2, 0.25) is 0 Å². The number of aryl methyl sites for hydroxylation is 3. The summed E-state index contributed by atoms with van der Waals surface area (Å²) in [5, 5.41) is 8.32. The van der Waals surface area contributed by atoms with Crippen molar-refractivity contribution in [3.63, 3.8) is 0 Å². The molecule has 1 radical (unpaired) electrons. The Morgan fingerprint density at radius 2 is 1.77 bits per heavy atom. The molecular weight excluding hydrogens is 619 g/mol. The molecule has 1 N–H and O–H groups in total. The molecule has 0 atom stereocenters. The van der Waals surface area contributed by atoms with Crippen molar-refractivity contribution in [1.82, 2.24) is 9.97 Å². The summed E-state index contributed by atoms with van der Waals surface area (Å²) in [5.74, 6) is 0.0412. The minimum atomic E-state index is -2.36. The minimum Gasteiger partial charge on any atom is -0.497 e. The Labute approximate surface area is 223 Å². The molecule has 0 saturated carbocycles. The van der Waals surface area contributed by atoms with Crippen molar-refractivity contribution in [1.29, 1.82) is 0 Å². The maximum Gasteiger partial charge on any atom is 0.354 e. The van der Waals surface area contributed by atoms with Gasteiger partial charge in [-0.2, -0.15) is 0 Å². The van der Waals surface area contributed by atoms with Gasteiger partial charge in [0.2, 0.25) is 0 Å². The zero-order valence-corrected chi connectivity index (χ0v) is 22.1. The number of hydrogen-bond acceptors (Lipinski definition) is 5. The van der Waals surface area contributed by atoms with Gasteiger partial charge in [-0.15, -0.1) is 18.2 Å². The number of aromatic nitrogens is 2. The maximum atomic E-state index is 10.1. The molecule has 0 spiro atoms. The summed E-state index contributed by atoms with van der Waals surface area (Å²) >= 11 is 0. The van der Waals surface area contributed by atoms with Crippen LogP contribution in [-0.4, -0.2) is 28.0 Å².